The van der Waals surface area contributed by atoms with Crippen LogP contribution in [0, 0.1) is 0 Å². The monoisotopic (exact) mass is 506 g/mol. The molecule has 0 saturated carbocycles. The number of pyridine rings is 1. The van der Waals surface area contributed by atoms with E-state index in [1.165, 1.54) is 10.4 Å². The zero-order valence-corrected chi connectivity index (χ0v) is 21.9. The summed E-state index contributed by atoms with van der Waals surface area (Å²) in [5.41, 5.74) is 1.27. The summed E-state index contributed by atoms with van der Waals surface area (Å²) < 4.78 is 31.5. The van der Waals surface area contributed by atoms with E-state index in [0.717, 1.165) is 18.2 Å². The second kappa shape index (κ2) is 14.0. The SMILES string of the molecule is CCCN(CCOC)c1cc(C(=O)N[C@H](CO)Cc2ccccc2)cc(N(CCC)S(C)(=O)=O)n1. The summed E-state index contributed by atoms with van der Waals surface area (Å²) in [4.78, 5) is 19.9. The van der Waals surface area contributed by atoms with Crippen LogP contribution in [-0.4, -0.2) is 76.7 Å². The molecule has 0 aliphatic rings. The van der Waals surface area contributed by atoms with E-state index in [9.17, 15) is 18.3 Å². The highest BCUT2D eigenvalue weighted by atomic mass is 32.2. The number of amides is 1. The Morgan fingerprint density at radius 1 is 1.09 bits per heavy atom. The zero-order chi connectivity index (χ0) is 25.8. The minimum Gasteiger partial charge on any atom is -0.394 e. The number of benzene rings is 1. The highest BCUT2D eigenvalue weighted by Crippen LogP contribution is 2.24. The summed E-state index contributed by atoms with van der Waals surface area (Å²) in [7, 11) is -1.99. The van der Waals surface area contributed by atoms with Gasteiger partial charge in [0.1, 0.15) is 11.6 Å². The number of nitrogens with one attached hydrogen (secondary N) is 1. The summed E-state index contributed by atoms with van der Waals surface area (Å²) >= 11 is 0. The number of aliphatic hydroxyl groups excluding tert-OH is 1. The van der Waals surface area contributed by atoms with E-state index in [2.05, 4.69) is 10.3 Å². The fraction of sp³-hybridized carbons (Fsp3) is 0.520. The van der Waals surface area contributed by atoms with Crippen molar-refractivity contribution in [3.05, 3.63) is 53.6 Å². The van der Waals surface area contributed by atoms with Gasteiger partial charge in [0.25, 0.3) is 5.91 Å². The highest BCUT2D eigenvalue weighted by molar-refractivity contribution is 7.92. The van der Waals surface area contributed by atoms with Crippen LogP contribution in [0.3, 0.4) is 0 Å². The lowest BCUT2D eigenvalue weighted by Crippen LogP contribution is -2.39. The number of carbonyl (C=O) groups excluding carboxylic acids is 1. The molecule has 9 nitrogen and oxygen atoms in total. The molecule has 1 amide bonds. The molecule has 2 rings (SSSR count). The molecule has 0 radical (unpaired) electrons. The van der Waals surface area contributed by atoms with E-state index in [1.54, 1.807) is 13.2 Å². The van der Waals surface area contributed by atoms with E-state index in [4.69, 9.17) is 4.74 Å². The molecule has 1 atom stereocenters. The third-order valence-electron chi connectivity index (χ3n) is 5.41. The lowest BCUT2D eigenvalue weighted by molar-refractivity contribution is 0.0916. The van der Waals surface area contributed by atoms with Crippen molar-refractivity contribution in [3.8, 4) is 0 Å². The van der Waals surface area contributed by atoms with Crippen molar-refractivity contribution in [1.82, 2.24) is 10.3 Å². The Kier molecular flexibility index (Phi) is 11.4. The number of rotatable bonds is 15. The van der Waals surface area contributed by atoms with Gasteiger partial charge in [0.15, 0.2) is 0 Å². The van der Waals surface area contributed by atoms with Crippen molar-refractivity contribution in [1.29, 1.82) is 0 Å². The summed E-state index contributed by atoms with van der Waals surface area (Å²) in [5.74, 6) is 0.289. The molecule has 35 heavy (non-hydrogen) atoms. The van der Waals surface area contributed by atoms with Gasteiger partial charge in [-0.1, -0.05) is 44.2 Å². The molecule has 10 heteroatoms. The van der Waals surface area contributed by atoms with Gasteiger partial charge >= 0.3 is 0 Å². The minimum absolute atomic E-state index is 0.194. The van der Waals surface area contributed by atoms with Crippen LogP contribution in [0.4, 0.5) is 11.6 Å². The van der Waals surface area contributed by atoms with Crippen LogP contribution in [0.5, 0.6) is 0 Å². The van der Waals surface area contributed by atoms with E-state index >= 15 is 0 Å². The average molecular weight is 507 g/mol. The van der Waals surface area contributed by atoms with E-state index in [0.29, 0.717) is 38.4 Å². The first-order chi connectivity index (χ1) is 16.7. The first-order valence-electron chi connectivity index (χ1n) is 11.9. The lowest BCUT2D eigenvalue weighted by Gasteiger charge is -2.27. The molecule has 0 unspecified atom stereocenters. The highest BCUT2D eigenvalue weighted by Gasteiger charge is 2.23. The van der Waals surface area contributed by atoms with Crippen LogP contribution in [0.1, 0.15) is 42.6 Å². The van der Waals surface area contributed by atoms with Crippen LogP contribution in [-0.2, 0) is 21.2 Å². The zero-order valence-electron chi connectivity index (χ0n) is 21.1. The maximum absolute atomic E-state index is 13.3. The maximum Gasteiger partial charge on any atom is 0.251 e. The summed E-state index contributed by atoms with van der Waals surface area (Å²) in [6.07, 6.45) is 3.03. The van der Waals surface area contributed by atoms with Crippen molar-refractivity contribution >= 4 is 27.6 Å². The molecule has 2 N–H and O–H groups in total. The number of aromatic nitrogens is 1. The van der Waals surface area contributed by atoms with Gasteiger partial charge in [-0.2, -0.15) is 0 Å². The fourth-order valence-electron chi connectivity index (χ4n) is 3.72. The normalized spacial score (nSPS) is 12.3. The molecule has 1 heterocycles. The molecule has 2 aromatic rings. The Bertz CT molecular complexity index is 1030. The minimum atomic E-state index is -3.61. The van der Waals surface area contributed by atoms with Gasteiger partial charge in [0.2, 0.25) is 10.0 Å². The molecule has 0 bridgehead atoms. The van der Waals surface area contributed by atoms with E-state index in [-0.39, 0.29) is 24.5 Å². The summed E-state index contributed by atoms with van der Waals surface area (Å²) in [6, 6.07) is 12.2. The number of aliphatic hydroxyl groups is 1. The largest absolute Gasteiger partial charge is 0.394 e. The first-order valence-corrected chi connectivity index (χ1v) is 13.8. The summed E-state index contributed by atoms with van der Waals surface area (Å²) in [6.45, 7) is 5.60. The number of ether oxygens (including phenoxy) is 1. The topological polar surface area (TPSA) is 112 Å². The van der Waals surface area contributed by atoms with Gasteiger partial charge in [0.05, 0.1) is 25.5 Å². The Labute approximate surface area is 209 Å². The standard InChI is InChI=1S/C25H38N4O5S/c1-5-12-28(14-15-34-3)23-17-21(18-24(27-23)29(13-6-2)35(4,32)33)25(31)26-22(19-30)16-20-10-8-7-9-11-20/h7-11,17-18,22,30H,5-6,12-16,19H2,1-4H3,(H,26,31)/t22-/m0/s1. The molecule has 194 valence electrons. The molecule has 1 aromatic carbocycles. The molecule has 0 spiro atoms. The average Bonchev–Trinajstić information content (AvgIpc) is 2.84. The molecule has 0 fully saturated rings. The van der Waals surface area contributed by atoms with Crippen molar-refractivity contribution < 1.29 is 23.1 Å². The number of sulfonamides is 1. The number of anilines is 2. The van der Waals surface area contributed by atoms with Crippen LogP contribution in [0.25, 0.3) is 0 Å². The molecule has 0 aliphatic carbocycles. The molecular weight excluding hydrogens is 468 g/mol. The second-order valence-electron chi connectivity index (χ2n) is 8.43. The fourth-order valence-corrected chi connectivity index (χ4v) is 4.66. The van der Waals surface area contributed by atoms with Gasteiger partial charge in [-0.3, -0.25) is 9.10 Å². The van der Waals surface area contributed by atoms with Crippen molar-refractivity contribution in [2.45, 2.75) is 39.2 Å². The van der Waals surface area contributed by atoms with Crippen molar-refractivity contribution in [2.75, 3.05) is 55.4 Å². The number of hydrogen-bond acceptors (Lipinski definition) is 7. The van der Waals surface area contributed by atoms with Gasteiger partial charge < -0.3 is 20.1 Å². The maximum atomic E-state index is 13.3. The smallest absolute Gasteiger partial charge is 0.251 e. The predicted octanol–water partition coefficient (Wildman–Crippen LogP) is 2.45. The Hall–Kier alpha value is -2.69. The van der Waals surface area contributed by atoms with Gasteiger partial charge in [-0.15, -0.1) is 0 Å². The third-order valence-corrected chi connectivity index (χ3v) is 6.58. The lowest BCUT2D eigenvalue weighted by atomic mass is 10.1. The first kappa shape index (κ1) is 28.5. The number of hydrogen-bond donors (Lipinski definition) is 2. The van der Waals surface area contributed by atoms with Crippen molar-refractivity contribution in [2.24, 2.45) is 0 Å². The second-order valence-corrected chi connectivity index (χ2v) is 10.3. The summed E-state index contributed by atoms with van der Waals surface area (Å²) in [5, 5.41) is 12.8. The number of methoxy groups -OCH3 is 1. The third kappa shape index (κ3) is 8.79. The van der Waals surface area contributed by atoms with Crippen LogP contribution in [0.2, 0.25) is 0 Å². The molecule has 0 aliphatic heterocycles. The van der Waals surface area contributed by atoms with Gasteiger partial charge in [-0.25, -0.2) is 13.4 Å². The number of carbonyl (C=O) groups is 1. The number of nitrogens with zero attached hydrogens (tertiary/aromatic N) is 3. The Morgan fingerprint density at radius 3 is 2.31 bits per heavy atom. The molecular formula is C25H38N4O5S. The van der Waals surface area contributed by atoms with E-state index in [1.807, 2.05) is 49.1 Å². The predicted molar refractivity (Wildman–Crippen MR) is 140 cm³/mol. The van der Waals surface area contributed by atoms with Gasteiger partial charge in [-0.05, 0) is 37.0 Å². The van der Waals surface area contributed by atoms with E-state index < -0.39 is 22.0 Å². The van der Waals surface area contributed by atoms with Crippen LogP contribution in [0.15, 0.2) is 42.5 Å². The van der Waals surface area contributed by atoms with Crippen LogP contribution < -0.4 is 14.5 Å². The molecule has 0 saturated heterocycles. The quantitative estimate of drug-likeness (QED) is 0.382. The van der Waals surface area contributed by atoms with Gasteiger partial charge in [0, 0.05) is 32.3 Å². The Balaban J connectivity index is 2.45. The molecule has 1 aromatic heterocycles. The van der Waals surface area contributed by atoms with Crippen molar-refractivity contribution in [3.63, 3.8) is 0 Å². The van der Waals surface area contributed by atoms with Crippen LogP contribution >= 0.6 is 0 Å². The Morgan fingerprint density at radius 2 is 1.74 bits per heavy atom.